The number of rotatable bonds is 4. The first kappa shape index (κ1) is 22.0. The van der Waals surface area contributed by atoms with Gasteiger partial charge in [-0.15, -0.1) is 11.3 Å². The number of amides is 1. The number of halogens is 1. The van der Waals surface area contributed by atoms with Crippen LogP contribution in [0.2, 0.25) is 0 Å². The highest BCUT2D eigenvalue weighted by atomic mass is 32.1. The summed E-state index contributed by atoms with van der Waals surface area (Å²) < 4.78 is 15.6. The third-order valence-corrected chi connectivity index (χ3v) is 8.79. The lowest BCUT2D eigenvalue weighted by Gasteiger charge is -2.51. The van der Waals surface area contributed by atoms with Gasteiger partial charge in [-0.2, -0.15) is 0 Å². The number of allylic oxidation sites excluding steroid dienone is 1. The maximum absolute atomic E-state index is 13.4. The first-order chi connectivity index (χ1) is 15.7. The van der Waals surface area contributed by atoms with Gasteiger partial charge in [-0.1, -0.05) is 12.5 Å². The number of hydrogen-bond acceptors (Lipinski definition) is 4. The molecule has 3 atom stereocenters. The monoisotopic (exact) mass is 465 g/mol. The van der Waals surface area contributed by atoms with Crippen LogP contribution in [0.1, 0.15) is 53.4 Å². The first-order valence-electron chi connectivity index (χ1n) is 11.3. The number of hydrogen-bond donors (Lipinski definition) is 2. The molecular weight excluding hydrogens is 437 g/mol. The molecule has 5 rings (SSSR count). The maximum atomic E-state index is 13.4. The van der Waals surface area contributed by atoms with Gasteiger partial charge in [0.05, 0.1) is 28.2 Å². The largest absolute Gasteiger partial charge is 0.384 e. The highest BCUT2D eigenvalue weighted by Gasteiger charge is 2.51. The van der Waals surface area contributed by atoms with Gasteiger partial charge in [0.25, 0.3) is 5.91 Å². The zero-order valence-electron chi connectivity index (χ0n) is 19.1. The summed E-state index contributed by atoms with van der Waals surface area (Å²) >= 11 is 1.36. The van der Waals surface area contributed by atoms with Crippen LogP contribution in [0.3, 0.4) is 0 Å². The topological polar surface area (TPSA) is 67.2 Å². The van der Waals surface area contributed by atoms with Crippen LogP contribution in [0, 0.1) is 17.2 Å². The summed E-state index contributed by atoms with van der Waals surface area (Å²) in [6.07, 6.45) is 6.95. The number of thiophene rings is 1. The van der Waals surface area contributed by atoms with E-state index >= 15 is 0 Å². The van der Waals surface area contributed by atoms with E-state index in [2.05, 4.69) is 27.9 Å². The molecule has 0 spiro atoms. The molecule has 1 fully saturated rings. The van der Waals surface area contributed by atoms with Gasteiger partial charge in [0.2, 0.25) is 0 Å². The van der Waals surface area contributed by atoms with Crippen molar-refractivity contribution in [3.8, 4) is 11.3 Å². The number of nitrogens with zero attached hydrogens (tertiary/aromatic N) is 2. The fourth-order valence-corrected chi connectivity index (χ4v) is 6.77. The van der Waals surface area contributed by atoms with E-state index < -0.39 is 5.60 Å². The summed E-state index contributed by atoms with van der Waals surface area (Å²) in [6, 6.07) is 10.1. The van der Waals surface area contributed by atoms with Crippen LogP contribution in [0.5, 0.6) is 0 Å². The van der Waals surface area contributed by atoms with Crippen molar-refractivity contribution >= 4 is 23.3 Å². The summed E-state index contributed by atoms with van der Waals surface area (Å²) in [5, 5.41) is 14.5. The lowest BCUT2D eigenvalue weighted by atomic mass is 9.58. The molecule has 33 heavy (non-hydrogen) atoms. The predicted molar refractivity (Wildman–Crippen MR) is 128 cm³/mol. The minimum atomic E-state index is -1.07. The second-order valence-electron chi connectivity index (χ2n) is 9.54. The summed E-state index contributed by atoms with van der Waals surface area (Å²) in [6.45, 7) is 4.85. The van der Waals surface area contributed by atoms with Crippen molar-refractivity contribution < 1.29 is 14.3 Å². The minimum absolute atomic E-state index is 0.00833. The smallest absolute Gasteiger partial charge is 0.261 e. The molecule has 172 valence electrons. The van der Waals surface area contributed by atoms with E-state index in [4.69, 9.17) is 0 Å². The number of fused-ring (bicyclic) bond motifs is 2. The molecule has 7 heteroatoms. The molecule has 0 radical (unpaired) electrons. The molecular formula is C26H28FN3O2S. The van der Waals surface area contributed by atoms with E-state index in [1.807, 2.05) is 19.3 Å². The number of carbonyl (C=O) groups is 1. The molecule has 1 aliphatic heterocycles. The van der Waals surface area contributed by atoms with Crippen LogP contribution < -0.4 is 5.32 Å². The van der Waals surface area contributed by atoms with Crippen LogP contribution in [-0.4, -0.2) is 27.6 Å². The van der Waals surface area contributed by atoms with Crippen molar-refractivity contribution in [2.45, 2.75) is 45.3 Å². The normalized spacial score (nSPS) is 23.8. The van der Waals surface area contributed by atoms with Crippen molar-refractivity contribution in [3.63, 3.8) is 0 Å². The van der Waals surface area contributed by atoms with Crippen LogP contribution in [0.4, 0.5) is 4.39 Å². The van der Waals surface area contributed by atoms with Crippen molar-refractivity contribution in [2.75, 3.05) is 7.05 Å². The highest BCUT2D eigenvalue weighted by Crippen LogP contribution is 2.56. The molecule has 1 amide bonds. The van der Waals surface area contributed by atoms with Gasteiger partial charge >= 0.3 is 0 Å². The highest BCUT2D eigenvalue weighted by molar-refractivity contribution is 7.14. The molecule has 0 bridgehead atoms. The lowest BCUT2D eigenvalue weighted by Crippen LogP contribution is -2.48. The number of aliphatic hydroxyl groups is 1. The second kappa shape index (κ2) is 7.92. The van der Waals surface area contributed by atoms with E-state index in [1.54, 1.807) is 25.2 Å². The zero-order chi connectivity index (χ0) is 23.4. The number of aromatic nitrogens is 2. The van der Waals surface area contributed by atoms with Crippen LogP contribution in [0.25, 0.3) is 17.3 Å². The van der Waals surface area contributed by atoms with E-state index in [9.17, 15) is 14.3 Å². The average molecular weight is 466 g/mol. The van der Waals surface area contributed by atoms with Gasteiger partial charge in [-0.3, -0.25) is 4.79 Å². The molecule has 2 N–H and O–H groups in total. The summed E-state index contributed by atoms with van der Waals surface area (Å²) in [7, 11) is 1.62. The van der Waals surface area contributed by atoms with Crippen molar-refractivity contribution in [2.24, 2.45) is 11.3 Å². The Morgan fingerprint density at radius 2 is 2.06 bits per heavy atom. The maximum Gasteiger partial charge on any atom is 0.261 e. The number of imidazole rings is 1. The third-order valence-electron chi connectivity index (χ3n) is 7.48. The van der Waals surface area contributed by atoms with Gasteiger partial charge in [-0.25, -0.2) is 9.37 Å². The Morgan fingerprint density at radius 3 is 2.79 bits per heavy atom. The Hall–Kier alpha value is -2.77. The van der Waals surface area contributed by atoms with E-state index in [-0.39, 0.29) is 23.1 Å². The Balaban J connectivity index is 1.52. The van der Waals surface area contributed by atoms with Crippen molar-refractivity contribution in [3.05, 3.63) is 69.6 Å². The van der Waals surface area contributed by atoms with Gasteiger partial charge in [-0.05, 0) is 68.7 Å². The molecule has 1 saturated carbocycles. The molecule has 3 heterocycles. The summed E-state index contributed by atoms with van der Waals surface area (Å²) in [5.41, 5.74) is 2.79. The van der Waals surface area contributed by atoms with Crippen molar-refractivity contribution in [1.29, 1.82) is 0 Å². The molecule has 2 aliphatic rings. The van der Waals surface area contributed by atoms with Gasteiger partial charge in [0, 0.05) is 35.4 Å². The average Bonchev–Trinajstić information content (AvgIpc) is 3.44. The molecule has 2 aromatic heterocycles. The number of nitrogens with one attached hydrogen (secondary N) is 1. The first-order valence-corrected chi connectivity index (χ1v) is 12.1. The quantitative estimate of drug-likeness (QED) is 0.555. The molecule has 1 aromatic carbocycles. The molecule has 1 aliphatic carbocycles. The van der Waals surface area contributed by atoms with Gasteiger partial charge in [0.15, 0.2) is 0 Å². The van der Waals surface area contributed by atoms with Crippen molar-refractivity contribution in [1.82, 2.24) is 14.9 Å². The summed E-state index contributed by atoms with van der Waals surface area (Å²) in [4.78, 5) is 18.2. The van der Waals surface area contributed by atoms with E-state index in [0.29, 0.717) is 4.88 Å². The predicted octanol–water partition coefficient (Wildman–Crippen LogP) is 5.22. The number of benzene rings is 1. The van der Waals surface area contributed by atoms with E-state index in [1.165, 1.54) is 29.0 Å². The SMILES string of the molecule is CNC(=O)c1ccc([C@@](C)(O)[C@H]2CCCC3=Cc4c(-c5ccc(F)cc5)ncn4C[C@@]32C)s1. The second-order valence-corrected chi connectivity index (χ2v) is 10.6. The van der Waals surface area contributed by atoms with Crippen LogP contribution >= 0.6 is 11.3 Å². The zero-order valence-corrected chi connectivity index (χ0v) is 19.9. The fourth-order valence-electron chi connectivity index (χ4n) is 5.72. The Labute approximate surface area is 197 Å². The molecule has 0 unspecified atom stereocenters. The van der Waals surface area contributed by atoms with Gasteiger partial charge < -0.3 is 15.0 Å². The molecule has 0 saturated heterocycles. The van der Waals surface area contributed by atoms with Gasteiger partial charge in [0.1, 0.15) is 5.82 Å². The molecule has 3 aromatic rings. The standard InChI is InChI=1S/C26H28FN3O2S/c1-25-14-30-15-29-23(16-7-9-18(27)10-8-16)19(30)13-17(25)5-4-6-21(25)26(2,32)22-12-11-20(33-22)24(31)28-3/h7-13,15,21,32H,4-6,14H2,1-3H3,(H,28,31)/t21-,25-,26-/m0/s1. The Kier molecular flexibility index (Phi) is 5.29. The molecule has 5 nitrogen and oxygen atoms in total. The lowest BCUT2D eigenvalue weighted by molar-refractivity contribution is -0.0687. The van der Waals surface area contributed by atoms with Crippen LogP contribution in [-0.2, 0) is 12.1 Å². The number of carbonyl (C=O) groups excluding carboxylic acids is 1. The van der Waals surface area contributed by atoms with E-state index in [0.717, 1.165) is 47.6 Å². The van der Waals surface area contributed by atoms with Crippen LogP contribution in [0.15, 0.2) is 48.3 Å². The third kappa shape index (κ3) is 3.54. The minimum Gasteiger partial charge on any atom is -0.384 e. The Bertz CT molecular complexity index is 1240. The Morgan fingerprint density at radius 1 is 1.30 bits per heavy atom. The summed E-state index contributed by atoms with van der Waals surface area (Å²) in [5.74, 6) is -0.402. The fraction of sp³-hybridized carbons (Fsp3) is 0.385.